The predicted molar refractivity (Wildman–Crippen MR) is 85.1 cm³/mol. The van der Waals surface area contributed by atoms with E-state index in [1.54, 1.807) is 7.11 Å². The van der Waals surface area contributed by atoms with Crippen molar-refractivity contribution in [1.29, 1.82) is 0 Å². The average Bonchev–Trinajstić information content (AvgIpc) is 2.54. The van der Waals surface area contributed by atoms with Crippen LogP contribution in [-0.4, -0.2) is 50.6 Å². The van der Waals surface area contributed by atoms with Crippen LogP contribution >= 0.6 is 0 Å². The Morgan fingerprint density at radius 2 is 2.29 bits per heavy atom. The largest absolute Gasteiger partial charge is 0.496 e. The topological polar surface area (TPSA) is 53.6 Å². The standard InChI is InChI=1S/C16H25N3O2/c1-4-19-9-5-6-13(11-19)18-16(20)14-10-12(17-2)7-8-15(14)21-3/h7-8,10,13,17H,4-6,9,11H2,1-3H3,(H,18,20). The molecule has 5 nitrogen and oxygen atoms in total. The van der Waals surface area contributed by atoms with Crippen LogP contribution in [0.4, 0.5) is 5.69 Å². The van der Waals surface area contributed by atoms with E-state index in [0.717, 1.165) is 38.2 Å². The number of amides is 1. The number of hydrogen-bond donors (Lipinski definition) is 2. The van der Waals surface area contributed by atoms with Gasteiger partial charge in [0.2, 0.25) is 0 Å². The molecule has 2 rings (SSSR count). The van der Waals surface area contributed by atoms with E-state index in [9.17, 15) is 4.79 Å². The molecular weight excluding hydrogens is 266 g/mol. The molecule has 0 spiro atoms. The van der Waals surface area contributed by atoms with E-state index in [4.69, 9.17) is 4.74 Å². The molecule has 0 radical (unpaired) electrons. The summed E-state index contributed by atoms with van der Waals surface area (Å²) in [4.78, 5) is 14.9. The number of carbonyl (C=O) groups is 1. The lowest BCUT2D eigenvalue weighted by molar-refractivity contribution is 0.0903. The van der Waals surface area contributed by atoms with Gasteiger partial charge in [-0.1, -0.05) is 6.92 Å². The zero-order chi connectivity index (χ0) is 15.2. The van der Waals surface area contributed by atoms with Gasteiger partial charge in [0.25, 0.3) is 5.91 Å². The number of likely N-dealkylation sites (N-methyl/N-ethyl adjacent to an activating group) is 1. The van der Waals surface area contributed by atoms with E-state index >= 15 is 0 Å². The Morgan fingerprint density at radius 1 is 1.48 bits per heavy atom. The fraction of sp³-hybridized carbons (Fsp3) is 0.562. The summed E-state index contributed by atoms with van der Waals surface area (Å²) in [6.45, 7) is 5.24. The van der Waals surface area contributed by atoms with E-state index in [1.807, 2.05) is 25.2 Å². The highest BCUT2D eigenvalue weighted by Gasteiger charge is 2.22. The van der Waals surface area contributed by atoms with Crippen LogP contribution in [0.25, 0.3) is 0 Å². The molecule has 0 saturated carbocycles. The Hall–Kier alpha value is -1.75. The molecule has 5 heteroatoms. The zero-order valence-corrected chi connectivity index (χ0v) is 13.1. The summed E-state index contributed by atoms with van der Waals surface area (Å²) in [5, 5.41) is 6.19. The molecule has 1 aromatic carbocycles. The lowest BCUT2D eigenvalue weighted by atomic mass is 10.0. The number of rotatable bonds is 5. The van der Waals surface area contributed by atoms with E-state index < -0.39 is 0 Å². The molecule has 1 atom stereocenters. The molecule has 116 valence electrons. The van der Waals surface area contributed by atoms with Crippen molar-refractivity contribution in [2.24, 2.45) is 0 Å². The third-order valence-corrected chi connectivity index (χ3v) is 4.02. The second-order valence-corrected chi connectivity index (χ2v) is 5.37. The first-order valence-electron chi connectivity index (χ1n) is 7.57. The second kappa shape index (κ2) is 7.31. The van der Waals surface area contributed by atoms with Crippen molar-refractivity contribution in [2.75, 3.05) is 39.1 Å². The number of nitrogens with zero attached hydrogens (tertiary/aromatic N) is 1. The summed E-state index contributed by atoms with van der Waals surface area (Å²) < 4.78 is 5.30. The van der Waals surface area contributed by atoms with Gasteiger partial charge < -0.3 is 20.3 Å². The van der Waals surface area contributed by atoms with Crippen LogP contribution in [-0.2, 0) is 0 Å². The fourth-order valence-corrected chi connectivity index (χ4v) is 2.76. The van der Waals surface area contributed by atoms with E-state index in [-0.39, 0.29) is 11.9 Å². The number of benzene rings is 1. The van der Waals surface area contributed by atoms with Crippen molar-refractivity contribution in [2.45, 2.75) is 25.8 Å². The van der Waals surface area contributed by atoms with Crippen molar-refractivity contribution in [3.8, 4) is 5.75 Å². The van der Waals surface area contributed by atoms with Crippen LogP contribution in [0.2, 0.25) is 0 Å². The smallest absolute Gasteiger partial charge is 0.255 e. The molecule has 0 aliphatic carbocycles. The van der Waals surface area contributed by atoms with E-state index in [0.29, 0.717) is 11.3 Å². The number of methoxy groups -OCH3 is 1. The van der Waals surface area contributed by atoms with Gasteiger partial charge in [0, 0.05) is 25.3 Å². The molecule has 1 unspecified atom stereocenters. The minimum absolute atomic E-state index is 0.0631. The number of carbonyl (C=O) groups excluding carboxylic acids is 1. The number of ether oxygens (including phenoxy) is 1. The molecule has 21 heavy (non-hydrogen) atoms. The van der Waals surface area contributed by atoms with Crippen LogP contribution in [0.5, 0.6) is 5.75 Å². The maximum atomic E-state index is 12.5. The molecule has 1 amide bonds. The first kappa shape index (κ1) is 15.6. The van der Waals surface area contributed by atoms with Crippen molar-refractivity contribution >= 4 is 11.6 Å². The third-order valence-electron chi connectivity index (χ3n) is 4.02. The SMILES string of the molecule is CCN1CCCC(NC(=O)c2cc(NC)ccc2OC)C1. The highest BCUT2D eigenvalue weighted by molar-refractivity contribution is 5.98. The van der Waals surface area contributed by atoms with Gasteiger partial charge in [0.15, 0.2) is 0 Å². The lowest BCUT2D eigenvalue weighted by Crippen LogP contribution is -2.47. The normalized spacial score (nSPS) is 19.1. The number of likely N-dealkylation sites (tertiary alicyclic amines) is 1. The first-order chi connectivity index (χ1) is 10.2. The first-order valence-corrected chi connectivity index (χ1v) is 7.57. The number of anilines is 1. The molecular formula is C16H25N3O2. The Kier molecular flexibility index (Phi) is 5.44. The molecule has 1 heterocycles. The molecule has 0 aromatic heterocycles. The van der Waals surface area contributed by atoms with Crippen LogP contribution in [0, 0.1) is 0 Å². The summed E-state index contributed by atoms with van der Waals surface area (Å²) in [7, 11) is 3.42. The average molecular weight is 291 g/mol. The summed E-state index contributed by atoms with van der Waals surface area (Å²) in [5.74, 6) is 0.543. The minimum atomic E-state index is -0.0631. The van der Waals surface area contributed by atoms with E-state index in [2.05, 4.69) is 22.5 Å². The van der Waals surface area contributed by atoms with Crippen molar-refractivity contribution in [3.05, 3.63) is 23.8 Å². The molecule has 1 aliphatic heterocycles. The zero-order valence-electron chi connectivity index (χ0n) is 13.1. The van der Waals surface area contributed by atoms with Gasteiger partial charge in [-0.15, -0.1) is 0 Å². The van der Waals surface area contributed by atoms with Gasteiger partial charge in [0.05, 0.1) is 12.7 Å². The number of nitrogens with one attached hydrogen (secondary N) is 2. The van der Waals surface area contributed by atoms with Gasteiger partial charge in [-0.05, 0) is 44.1 Å². The second-order valence-electron chi connectivity index (χ2n) is 5.37. The molecule has 0 bridgehead atoms. The molecule has 1 aromatic rings. The van der Waals surface area contributed by atoms with Gasteiger partial charge >= 0.3 is 0 Å². The quantitative estimate of drug-likeness (QED) is 0.870. The Labute approximate surface area is 126 Å². The Morgan fingerprint density at radius 3 is 2.95 bits per heavy atom. The molecule has 2 N–H and O–H groups in total. The van der Waals surface area contributed by atoms with Gasteiger partial charge in [-0.3, -0.25) is 4.79 Å². The van der Waals surface area contributed by atoms with Crippen LogP contribution in [0.1, 0.15) is 30.1 Å². The molecule has 1 saturated heterocycles. The van der Waals surface area contributed by atoms with E-state index in [1.165, 1.54) is 0 Å². The minimum Gasteiger partial charge on any atom is -0.496 e. The highest BCUT2D eigenvalue weighted by atomic mass is 16.5. The van der Waals surface area contributed by atoms with Crippen LogP contribution < -0.4 is 15.4 Å². The maximum absolute atomic E-state index is 12.5. The fourth-order valence-electron chi connectivity index (χ4n) is 2.76. The summed E-state index contributed by atoms with van der Waals surface area (Å²) >= 11 is 0. The van der Waals surface area contributed by atoms with Crippen molar-refractivity contribution in [1.82, 2.24) is 10.2 Å². The molecule has 1 aliphatic rings. The Bertz CT molecular complexity index is 490. The summed E-state index contributed by atoms with van der Waals surface area (Å²) in [6, 6.07) is 5.76. The van der Waals surface area contributed by atoms with Crippen molar-refractivity contribution < 1.29 is 9.53 Å². The van der Waals surface area contributed by atoms with Gasteiger partial charge in [-0.25, -0.2) is 0 Å². The highest BCUT2D eigenvalue weighted by Crippen LogP contribution is 2.23. The summed E-state index contributed by atoms with van der Waals surface area (Å²) in [6.07, 6.45) is 2.17. The summed E-state index contributed by atoms with van der Waals surface area (Å²) in [5.41, 5.74) is 1.48. The van der Waals surface area contributed by atoms with Crippen LogP contribution in [0.15, 0.2) is 18.2 Å². The van der Waals surface area contributed by atoms with Crippen LogP contribution in [0.3, 0.4) is 0 Å². The van der Waals surface area contributed by atoms with Gasteiger partial charge in [0.1, 0.15) is 5.75 Å². The van der Waals surface area contributed by atoms with Crippen molar-refractivity contribution in [3.63, 3.8) is 0 Å². The lowest BCUT2D eigenvalue weighted by Gasteiger charge is -2.32. The molecule has 1 fully saturated rings. The number of piperidine rings is 1. The monoisotopic (exact) mass is 291 g/mol. The third kappa shape index (κ3) is 3.88. The Balaban J connectivity index is 2.08. The maximum Gasteiger partial charge on any atom is 0.255 e. The number of hydrogen-bond acceptors (Lipinski definition) is 4. The predicted octanol–water partition coefficient (Wildman–Crippen LogP) is 1.95. The van der Waals surface area contributed by atoms with Gasteiger partial charge in [-0.2, -0.15) is 0 Å².